The van der Waals surface area contributed by atoms with E-state index < -0.39 is 6.10 Å². The number of ether oxygens (including phenoxy) is 1. The zero-order valence-electron chi connectivity index (χ0n) is 9.60. The van der Waals surface area contributed by atoms with Crippen molar-refractivity contribution in [2.75, 3.05) is 0 Å². The number of hydrogen-bond acceptors (Lipinski definition) is 3. The van der Waals surface area contributed by atoms with Crippen LogP contribution in [0.3, 0.4) is 0 Å². The average Bonchev–Trinajstić information content (AvgIpc) is 2.33. The molecule has 0 radical (unpaired) electrons. The molecule has 0 bridgehead atoms. The van der Waals surface area contributed by atoms with Crippen LogP contribution in [0.2, 0.25) is 5.02 Å². The lowest BCUT2D eigenvalue weighted by atomic mass is 10.2. The molecule has 2 rings (SSSR count). The van der Waals surface area contributed by atoms with Gasteiger partial charge in [0.05, 0.1) is 11.1 Å². The lowest BCUT2D eigenvalue weighted by Gasteiger charge is -2.12. The minimum Gasteiger partial charge on any atom is -0.437 e. The summed E-state index contributed by atoms with van der Waals surface area (Å²) in [6.07, 6.45) is 0.955. The second kappa shape index (κ2) is 5.69. The number of hydrogen-bond donors (Lipinski definition) is 1. The van der Waals surface area contributed by atoms with Gasteiger partial charge in [-0.25, -0.2) is 4.98 Å². The number of halogens is 2. The van der Waals surface area contributed by atoms with Gasteiger partial charge in [0.25, 0.3) is 0 Å². The predicted octanol–water partition coefficient (Wildman–Crippen LogP) is 4.34. The highest BCUT2D eigenvalue weighted by Crippen LogP contribution is 2.33. The van der Waals surface area contributed by atoms with Crippen LogP contribution in [0.15, 0.2) is 41.0 Å². The molecule has 0 aliphatic heterocycles. The smallest absolute Gasteiger partial charge is 0.225 e. The second-order valence-electron chi connectivity index (χ2n) is 3.75. The monoisotopic (exact) mass is 327 g/mol. The summed E-state index contributed by atoms with van der Waals surface area (Å²) >= 11 is 9.39. The van der Waals surface area contributed by atoms with Crippen molar-refractivity contribution in [2.24, 2.45) is 0 Å². The van der Waals surface area contributed by atoms with Gasteiger partial charge in [0.2, 0.25) is 5.88 Å². The molecule has 1 aromatic carbocycles. The molecular weight excluding hydrogens is 318 g/mol. The molecule has 1 N–H and O–H groups in total. The van der Waals surface area contributed by atoms with E-state index in [1.54, 1.807) is 37.4 Å². The van der Waals surface area contributed by atoms with Crippen LogP contribution in [0.25, 0.3) is 0 Å². The maximum absolute atomic E-state index is 9.64. The highest BCUT2D eigenvalue weighted by molar-refractivity contribution is 9.10. The lowest BCUT2D eigenvalue weighted by molar-refractivity contribution is 0.194. The van der Waals surface area contributed by atoms with Crippen molar-refractivity contribution in [2.45, 2.75) is 13.0 Å². The van der Waals surface area contributed by atoms with Crippen LogP contribution in [0.5, 0.6) is 11.6 Å². The number of pyridine rings is 1. The molecule has 1 atom stereocenters. The summed E-state index contributed by atoms with van der Waals surface area (Å²) in [6.45, 7) is 1.66. The zero-order chi connectivity index (χ0) is 13.1. The maximum atomic E-state index is 9.64. The first-order valence-corrected chi connectivity index (χ1v) is 6.51. The number of benzene rings is 1. The Bertz CT molecular complexity index is 560. The molecule has 0 aliphatic rings. The minimum atomic E-state index is -0.650. The Hall–Kier alpha value is -1.10. The number of rotatable bonds is 3. The van der Waals surface area contributed by atoms with Gasteiger partial charge in [-0.05, 0) is 37.3 Å². The van der Waals surface area contributed by atoms with E-state index in [1.165, 1.54) is 0 Å². The Balaban J connectivity index is 2.34. The Morgan fingerprint density at radius 3 is 2.83 bits per heavy atom. The number of aromatic nitrogens is 1. The molecule has 1 heterocycles. The highest BCUT2D eigenvalue weighted by atomic mass is 79.9. The Labute approximate surface area is 119 Å². The van der Waals surface area contributed by atoms with Crippen LogP contribution in [-0.2, 0) is 0 Å². The normalized spacial score (nSPS) is 12.2. The van der Waals surface area contributed by atoms with E-state index in [0.717, 1.165) is 4.47 Å². The molecule has 0 saturated heterocycles. The van der Waals surface area contributed by atoms with Crippen molar-refractivity contribution in [3.05, 3.63) is 51.6 Å². The quantitative estimate of drug-likeness (QED) is 0.911. The van der Waals surface area contributed by atoms with Crippen LogP contribution >= 0.6 is 27.5 Å². The largest absolute Gasteiger partial charge is 0.437 e. The molecule has 0 spiro atoms. The van der Waals surface area contributed by atoms with Crippen molar-refractivity contribution in [3.63, 3.8) is 0 Å². The molecule has 0 amide bonds. The summed E-state index contributed by atoms with van der Waals surface area (Å²) in [4.78, 5) is 4.11. The third-order valence-corrected chi connectivity index (χ3v) is 3.14. The molecule has 3 nitrogen and oxygen atoms in total. The van der Waals surface area contributed by atoms with E-state index in [4.69, 9.17) is 16.3 Å². The third kappa shape index (κ3) is 3.02. The van der Waals surface area contributed by atoms with Crippen molar-refractivity contribution in [1.82, 2.24) is 4.98 Å². The van der Waals surface area contributed by atoms with Crippen LogP contribution in [0.4, 0.5) is 0 Å². The Morgan fingerprint density at radius 2 is 2.17 bits per heavy atom. The van der Waals surface area contributed by atoms with Gasteiger partial charge in [0.1, 0.15) is 5.75 Å². The summed E-state index contributed by atoms with van der Waals surface area (Å²) < 4.78 is 6.50. The molecular formula is C13H11BrClNO2. The van der Waals surface area contributed by atoms with E-state index in [-0.39, 0.29) is 0 Å². The fraction of sp³-hybridized carbons (Fsp3) is 0.154. The molecule has 1 aromatic heterocycles. The van der Waals surface area contributed by atoms with E-state index in [1.807, 2.05) is 6.07 Å². The summed E-state index contributed by atoms with van der Waals surface area (Å²) in [5.74, 6) is 0.859. The molecule has 2 aromatic rings. The fourth-order valence-corrected chi connectivity index (χ4v) is 2.18. The van der Waals surface area contributed by atoms with Gasteiger partial charge in [-0.3, -0.25) is 0 Å². The molecule has 0 aliphatic carbocycles. The van der Waals surface area contributed by atoms with Gasteiger partial charge in [0, 0.05) is 16.2 Å². The maximum Gasteiger partial charge on any atom is 0.225 e. The van der Waals surface area contributed by atoms with Crippen LogP contribution in [0, 0.1) is 0 Å². The molecule has 18 heavy (non-hydrogen) atoms. The van der Waals surface area contributed by atoms with E-state index in [0.29, 0.717) is 22.2 Å². The Kier molecular flexibility index (Phi) is 4.22. The SMILES string of the molecule is C[C@H](O)c1cccnc1Oc1ccc(Br)cc1Cl. The number of aliphatic hydroxyl groups excluding tert-OH is 1. The van der Waals surface area contributed by atoms with Crippen LogP contribution < -0.4 is 4.74 Å². The highest BCUT2D eigenvalue weighted by Gasteiger charge is 2.12. The van der Waals surface area contributed by atoms with Gasteiger partial charge >= 0.3 is 0 Å². The topological polar surface area (TPSA) is 42.4 Å². The number of aliphatic hydroxyl groups is 1. The number of nitrogens with zero attached hydrogens (tertiary/aromatic N) is 1. The van der Waals surface area contributed by atoms with E-state index in [9.17, 15) is 5.11 Å². The van der Waals surface area contributed by atoms with Gasteiger partial charge in [-0.2, -0.15) is 0 Å². The van der Waals surface area contributed by atoms with Gasteiger partial charge in [0.15, 0.2) is 0 Å². The molecule has 0 fully saturated rings. The first-order chi connectivity index (χ1) is 8.58. The second-order valence-corrected chi connectivity index (χ2v) is 5.07. The average molecular weight is 329 g/mol. The first-order valence-electron chi connectivity index (χ1n) is 5.34. The summed E-state index contributed by atoms with van der Waals surface area (Å²) in [5, 5.41) is 10.1. The fourth-order valence-electron chi connectivity index (χ4n) is 1.47. The van der Waals surface area contributed by atoms with Crippen molar-refractivity contribution in [1.29, 1.82) is 0 Å². The molecule has 0 saturated carbocycles. The van der Waals surface area contributed by atoms with Crippen molar-refractivity contribution >= 4 is 27.5 Å². The standard InChI is InChI=1S/C13H11BrClNO2/c1-8(17)10-3-2-6-16-13(10)18-12-5-4-9(14)7-11(12)15/h2-8,17H,1H3/t8-/m0/s1. The third-order valence-electron chi connectivity index (χ3n) is 2.35. The summed E-state index contributed by atoms with van der Waals surface area (Å²) in [6, 6.07) is 8.82. The molecule has 94 valence electrons. The Morgan fingerprint density at radius 1 is 1.39 bits per heavy atom. The van der Waals surface area contributed by atoms with E-state index in [2.05, 4.69) is 20.9 Å². The summed E-state index contributed by atoms with van der Waals surface area (Å²) in [7, 11) is 0. The van der Waals surface area contributed by atoms with Crippen LogP contribution in [-0.4, -0.2) is 10.1 Å². The van der Waals surface area contributed by atoms with Crippen molar-refractivity contribution in [3.8, 4) is 11.6 Å². The van der Waals surface area contributed by atoms with Crippen LogP contribution in [0.1, 0.15) is 18.6 Å². The molecule has 5 heteroatoms. The van der Waals surface area contributed by atoms with E-state index >= 15 is 0 Å². The zero-order valence-corrected chi connectivity index (χ0v) is 11.9. The summed E-state index contributed by atoms with van der Waals surface area (Å²) in [5.41, 5.74) is 0.622. The van der Waals surface area contributed by atoms with Gasteiger partial charge in [-0.1, -0.05) is 27.5 Å². The predicted molar refractivity (Wildman–Crippen MR) is 74.1 cm³/mol. The van der Waals surface area contributed by atoms with Gasteiger partial charge in [-0.15, -0.1) is 0 Å². The molecule has 0 unspecified atom stereocenters. The lowest BCUT2D eigenvalue weighted by Crippen LogP contribution is -1.98. The van der Waals surface area contributed by atoms with Crippen molar-refractivity contribution < 1.29 is 9.84 Å². The minimum absolute atomic E-state index is 0.358. The first kappa shape index (κ1) is 13.3. The van der Waals surface area contributed by atoms with Gasteiger partial charge < -0.3 is 9.84 Å².